The maximum absolute atomic E-state index is 6.17. The molecular weight excluding hydrogens is 385 g/mol. The summed E-state index contributed by atoms with van der Waals surface area (Å²) in [6, 6.07) is 6.13. The lowest BCUT2D eigenvalue weighted by Gasteiger charge is -2.38. The third kappa shape index (κ3) is 4.11. The molecule has 2 saturated heterocycles. The molecule has 0 aliphatic carbocycles. The van der Waals surface area contributed by atoms with Crippen LogP contribution in [-0.2, 0) is 6.54 Å². The van der Waals surface area contributed by atoms with E-state index in [2.05, 4.69) is 43.9 Å². The summed E-state index contributed by atoms with van der Waals surface area (Å²) in [4.78, 5) is 14.0. The van der Waals surface area contributed by atoms with Crippen LogP contribution in [0.15, 0.2) is 49.2 Å². The minimum atomic E-state index is 0.404. The van der Waals surface area contributed by atoms with Crippen LogP contribution in [0.5, 0.6) is 0 Å². The highest BCUT2D eigenvalue weighted by atomic mass is 15.3. The van der Waals surface area contributed by atoms with E-state index in [0.717, 1.165) is 61.7 Å². The number of nitrogens with zero attached hydrogens (tertiary/aromatic N) is 6. The van der Waals surface area contributed by atoms with E-state index in [9.17, 15) is 0 Å². The predicted molar refractivity (Wildman–Crippen MR) is 123 cm³/mol. The first kappa shape index (κ1) is 19.9. The van der Waals surface area contributed by atoms with E-state index < -0.39 is 0 Å². The Kier molecular flexibility index (Phi) is 5.53. The van der Waals surface area contributed by atoms with Crippen LogP contribution < -0.4 is 10.8 Å². The molecule has 0 saturated carbocycles. The van der Waals surface area contributed by atoms with Crippen LogP contribution in [0, 0.1) is 0 Å². The Hall–Kier alpha value is -3.03. The molecule has 3 aromatic heterocycles. The second-order valence-corrected chi connectivity index (χ2v) is 8.49. The molecule has 7 nitrogen and oxygen atoms in total. The minimum Gasteiger partial charge on any atom is -0.366 e. The highest BCUT2D eigenvalue weighted by Crippen LogP contribution is 2.31. The molecule has 0 unspecified atom stereocenters. The molecule has 1 N–H and O–H groups in total. The van der Waals surface area contributed by atoms with E-state index in [-0.39, 0.29) is 0 Å². The number of pyridine rings is 1. The molecule has 5 heterocycles. The van der Waals surface area contributed by atoms with Crippen LogP contribution in [0.1, 0.15) is 42.9 Å². The summed E-state index contributed by atoms with van der Waals surface area (Å²) in [5.74, 6) is 2.50. The number of likely N-dealkylation sites (tertiary alicyclic amines) is 2. The zero-order chi connectivity index (χ0) is 21.2. The summed E-state index contributed by atoms with van der Waals surface area (Å²) in [5.41, 5.74) is 3.52. The summed E-state index contributed by atoms with van der Waals surface area (Å²) in [6.45, 7) is 9.34. The highest BCUT2D eigenvalue weighted by molar-refractivity contribution is 6.36. The molecule has 2 radical (unpaired) electrons. The average molecular weight is 413 g/mol. The van der Waals surface area contributed by atoms with E-state index in [1.54, 1.807) is 16.9 Å². The number of piperidine rings is 1. The number of hydrogen-bond acceptors (Lipinski definition) is 6. The summed E-state index contributed by atoms with van der Waals surface area (Å²) in [6.07, 6.45) is 10.0. The molecule has 2 fully saturated rings. The van der Waals surface area contributed by atoms with E-state index in [0.29, 0.717) is 17.9 Å². The summed E-state index contributed by atoms with van der Waals surface area (Å²) >= 11 is 0. The molecule has 5 rings (SSSR count). The van der Waals surface area contributed by atoms with Crippen molar-refractivity contribution in [3.8, 4) is 0 Å². The van der Waals surface area contributed by atoms with Gasteiger partial charge in [0.2, 0.25) is 0 Å². The van der Waals surface area contributed by atoms with Gasteiger partial charge in [-0.1, -0.05) is 12.6 Å². The standard InChI is InChI=1S/C23H28BN7/c1-17(29-9-2-3-10-29)30-11-6-19(7-12-30)21-13-22(26-15-18-5-4-8-25-14-18)31-23(28-21)20(24)16-27-31/h4-5,8,13-14,16,19,26H,1-3,6-7,9-12,15H2. The van der Waals surface area contributed by atoms with Gasteiger partial charge < -0.3 is 15.1 Å². The van der Waals surface area contributed by atoms with E-state index in [1.807, 2.05) is 12.3 Å². The normalized spacial score (nSPS) is 17.4. The van der Waals surface area contributed by atoms with Gasteiger partial charge in [0.1, 0.15) is 19.3 Å². The first-order chi connectivity index (χ1) is 15.2. The van der Waals surface area contributed by atoms with Crippen molar-refractivity contribution in [1.29, 1.82) is 0 Å². The number of anilines is 1. The summed E-state index contributed by atoms with van der Waals surface area (Å²) in [5, 5.41) is 7.92. The minimum absolute atomic E-state index is 0.404. The monoisotopic (exact) mass is 413 g/mol. The van der Waals surface area contributed by atoms with Gasteiger partial charge in [-0.3, -0.25) is 4.98 Å². The van der Waals surface area contributed by atoms with Crippen molar-refractivity contribution < 1.29 is 0 Å². The predicted octanol–water partition coefficient (Wildman–Crippen LogP) is 2.28. The highest BCUT2D eigenvalue weighted by Gasteiger charge is 2.26. The molecule has 0 atom stereocenters. The van der Waals surface area contributed by atoms with Gasteiger partial charge in [0.15, 0.2) is 0 Å². The van der Waals surface area contributed by atoms with Gasteiger partial charge in [-0.2, -0.15) is 9.61 Å². The second kappa shape index (κ2) is 8.61. The van der Waals surface area contributed by atoms with Crippen molar-refractivity contribution in [2.45, 2.75) is 38.1 Å². The Morgan fingerprint density at radius 3 is 2.65 bits per heavy atom. The molecule has 158 valence electrons. The van der Waals surface area contributed by atoms with Gasteiger partial charge in [-0.05, 0) is 42.8 Å². The second-order valence-electron chi connectivity index (χ2n) is 8.49. The number of rotatable bonds is 6. The maximum atomic E-state index is 6.17. The number of hydrogen-bond donors (Lipinski definition) is 1. The molecule has 0 aromatic carbocycles. The Morgan fingerprint density at radius 2 is 1.90 bits per heavy atom. The molecule has 0 spiro atoms. The van der Waals surface area contributed by atoms with Crippen LogP contribution in [0.25, 0.3) is 5.65 Å². The SMILES string of the molecule is [B]c1cnn2c(NCc3cccnc3)cc(C3CCN(C(=C)N4CCCC4)CC3)nc12. The summed E-state index contributed by atoms with van der Waals surface area (Å²) in [7, 11) is 6.17. The third-order valence-electron chi connectivity index (χ3n) is 6.46. The van der Waals surface area contributed by atoms with Crippen molar-refractivity contribution in [2.24, 2.45) is 0 Å². The molecule has 31 heavy (non-hydrogen) atoms. The van der Waals surface area contributed by atoms with Crippen LogP contribution in [0.2, 0.25) is 0 Å². The molecule has 2 aliphatic rings. The van der Waals surface area contributed by atoms with Gasteiger partial charge in [0.25, 0.3) is 0 Å². The Bertz CT molecular complexity index is 1050. The molecule has 0 amide bonds. The topological polar surface area (TPSA) is 61.6 Å². The fraction of sp³-hybridized carbons (Fsp3) is 0.435. The van der Waals surface area contributed by atoms with Crippen molar-refractivity contribution in [2.75, 3.05) is 31.5 Å². The van der Waals surface area contributed by atoms with Crippen molar-refractivity contribution >= 4 is 24.8 Å². The third-order valence-corrected chi connectivity index (χ3v) is 6.46. The smallest absolute Gasteiger partial charge is 0.150 e. The maximum Gasteiger partial charge on any atom is 0.150 e. The van der Waals surface area contributed by atoms with Crippen molar-refractivity contribution in [3.05, 3.63) is 60.4 Å². The Morgan fingerprint density at radius 1 is 1.13 bits per heavy atom. The van der Waals surface area contributed by atoms with Crippen LogP contribution >= 0.6 is 0 Å². The molecule has 3 aromatic rings. The quantitative estimate of drug-likeness (QED) is 0.626. The summed E-state index contributed by atoms with van der Waals surface area (Å²) < 4.78 is 1.79. The van der Waals surface area contributed by atoms with Gasteiger partial charge in [0, 0.05) is 69.0 Å². The zero-order valence-corrected chi connectivity index (χ0v) is 17.9. The van der Waals surface area contributed by atoms with E-state index >= 15 is 0 Å². The van der Waals surface area contributed by atoms with E-state index in [4.69, 9.17) is 12.8 Å². The van der Waals surface area contributed by atoms with Gasteiger partial charge in [0.05, 0.1) is 5.82 Å². The van der Waals surface area contributed by atoms with E-state index in [1.165, 1.54) is 18.7 Å². The van der Waals surface area contributed by atoms with Crippen LogP contribution in [0.4, 0.5) is 5.82 Å². The van der Waals surface area contributed by atoms with Gasteiger partial charge in [-0.25, -0.2) is 4.98 Å². The van der Waals surface area contributed by atoms with Gasteiger partial charge >= 0.3 is 0 Å². The van der Waals surface area contributed by atoms with Crippen LogP contribution in [-0.4, -0.2) is 63.4 Å². The number of aromatic nitrogens is 4. The molecule has 8 heteroatoms. The molecular formula is C23H28BN7. The van der Waals surface area contributed by atoms with Gasteiger partial charge in [-0.15, -0.1) is 0 Å². The van der Waals surface area contributed by atoms with Crippen molar-refractivity contribution in [1.82, 2.24) is 29.4 Å². The average Bonchev–Trinajstić information content (AvgIpc) is 3.48. The largest absolute Gasteiger partial charge is 0.366 e. The lowest BCUT2D eigenvalue weighted by Crippen LogP contribution is -2.38. The lowest BCUT2D eigenvalue weighted by molar-refractivity contribution is 0.193. The fourth-order valence-electron chi connectivity index (χ4n) is 4.64. The Balaban J connectivity index is 1.32. The Labute approximate surface area is 184 Å². The molecule has 0 bridgehead atoms. The lowest BCUT2D eigenvalue weighted by atomic mass is 9.92. The number of fused-ring (bicyclic) bond motifs is 1. The first-order valence-corrected chi connectivity index (χ1v) is 11.1. The van der Waals surface area contributed by atoms with Crippen molar-refractivity contribution in [3.63, 3.8) is 0 Å². The van der Waals surface area contributed by atoms with Crippen LogP contribution in [0.3, 0.4) is 0 Å². The molecule has 2 aliphatic heterocycles. The number of nitrogens with one attached hydrogen (secondary N) is 1. The zero-order valence-electron chi connectivity index (χ0n) is 17.9. The first-order valence-electron chi connectivity index (χ1n) is 11.1. The fourth-order valence-corrected chi connectivity index (χ4v) is 4.64.